The average Bonchev–Trinajstić information content (AvgIpc) is 3.02. The second-order valence-corrected chi connectivity index (χ2v) is 6.83. The van der Waals surface area contributed by atoms with E-state index in [4.69, 9.17) is 14.0 Å². The highest BCUT2D eigenvalue weighted by atomic mass is 32.2. The fourth-order valence-corrected chi connectivity index (χ4v) is 3.57. The van der Waals surface area contributed by atoms with E-state index in [2.05, 4.69) is 10.1 Å². The lowest BCUT2D eigenvalue weighted by atomic mass is 10.2. The minimum atomic E-state index is -0.508. The summed E-state index contributed by atoms with van der Waals surface area (Å²) < 4.78 is 29.2. The van der Waals surface area contributed by atoms with Crippen LogP contribution in [0.2, 0.25) is 0 Å². The molecule has 3 rings (SSSR count). The molecule has 0 amide bonds. The number of hydrogen-bond acceptors (Lipinski definition) is 7. The highest BCUT2D eigenvalue weighted by molar-refractivity contribution is 7.98. The number of aryl methyl sites for hydroxylation is 2. The maximum atomic E-state index is 13.5. The van der Waals surface area contributed by atoms with Gasteiger partial charge >= 0.3 is 5.97 Å². The van der Waals surface area contributed by atoms with Crippen LogP contribution in [0.1, 0.15) is 27.4 Å². The molecule has 0 fully saturated rings. The Morgan fingerprint density at radius 1 is 1.18 bits per heavy atom. The van der Waals surface area contributed by atoms with Crippen molar-refractivity contribution in [1.29, 1.82) is 0 Å². The monoisotopic (exact) mass is 402 g/mol. The van der Waals surface area contributed by atoms with E-state index in [1.807, 2.05) is 13.8 Å². The van der Waals surface area contributed by atoms with Crippen molar-refractivity contribution >= 4 is 17.7 Å². The second kappa shape index (κ2) is 9.36. The van der Waals surface area contributed by atoms with E-state index in [0.29, 0.717) is 16.3 Å². The molecule has 0 bridgehead atoms. The first kappa shape index (κ1) is 19.9. The first-order chi connectivity index (χ1) is 13.6. The molecule has 0 N–H and O–H groups in total. The van der Waals surface area contributed by atoms with Gasteiger partial charge in [0.25, 0.3) is 0 Å². The van der Waals surface area contributed by atoms with Crippen LogP contribution in [0.3, 0.4) is 0 Å². The Kier molecular flexibility index (Phi) is 6.65. The van der Waals surface area contributed by atoms with E-state index in [9.17, 15) is 9.18 Å². The predicted octanol–water partition coefficient (Wildman–Crippen LogP) is 4.35. The van der Waals surface area contributed by atoms with Crippen molar-refractivity contribution < 1.29 is 23.2 Å². The van der Waals surface area contributed by atoms with Crippen molar-refractivity contribution in [3.63, 3.8) is 0 Å². The Bertz CT molecular complexity index is 941. The molecule has 0 unspecified atom stereocenters. The molecule has 2 aromatic heterocycles. The van der Waals surface area contributed by atoms with Crippen molar-refractivity contribution in [2.45, 2.75) is 24.6 Å². The van der Waals surface area contributed by atoms with Crippen LogP contribution < -0.4 is 4.74 Å². The van der Waals surface area contributed by atoms with E-state index < -0.39 is 11.8 Å². The lowest BCUT2D eigenvalue weighted by molar-refractivity contribution is 0.0443. The average molecular weight is 402 g/mol. The molecule has 0 aliphatic heterocycles. The zero-order valence-electron chi connectivity index (χ0n) is 15.5. The number of nitrogens with zero attached hydrogens (tertiary/aromatic N) is 2. The number of halogens is 1. The summed E-state index contributed by atoms with van der Waals surface area (Å²) in [4.78, 5) is 16.7. The van der Waals surface area contributed by atoms with Crippen LogP contribution in [0.25, 0.3) is 0 Å². The SMILES string of the molecule is Cc1noc(C)c1CSc1ncccc1C(=O)OCCOc1ccccc1F. The lowest BCUT2D eigenvalue weighted by Gasteiger charge is -2.10. The van der Waals surface area contributed by atoms with Crippen molar-refractivity contribution in [3.05, 3.63) is 71.0 Å². The molecule has 0 saturated carbocycles. The first-order valence-electron chi connectivity index (χ1n) is 8.60. The molecule has 8 heteroatoms. The summed E-state index contributed by atoms with van der Waals surface area (Å²) in [5.41, 5.74) is 2.16. The zero-order chi connectivity index (χ0) is 19.9. The highest BCUT2D eigenvalue weighted by Crippen LogP contribution is 2.27. The van der Waals surface area contributed by atoms with Crippen molar-refractivity contribution in [2.75, 3.05) is 13.2 Å². The number of ether oxygens (including phenoxy) is 2. The highest BCUT2D eigenvalue weighted by Gasteiger charge is 2.16. The fraction of sp³-hybridized carbons (Fsp3) is 0.250. The molecular weight excluding hydrogens is 383 g/mol. The number of carbonyl (C=O) groups excluding carboxylic acids is 1. The van der Waals surface area contributed by atoms with E-state index >= 15 is 0 Å². The van der Waals surface area contributed by atoms with Gasteiger partial charge in [0.05, 0.1) is 11.3 Å². The molecule has 2 heterocycles. The quantitative estimate of drug-likeness (QED) is 0.315. The third-order valence-electron chi connectivity index (χ3n) is 3.94. The molecule has 0 saturated heterocycles. The van der Waals surface area contributed by atoms with Gasteiger partial charge in [0.15, 0.2) is 11.6 Å². The second-order valence-electron chi connectivity index (χ2n) is 5.86. The van der Waals surface area contributed by atoms with Gasteiger partial charge in [-0.25, -0.2) is 14.2 Å². The molecule has 0 radical (unpaired) electrons. The van der Waals surface area contributed by atoms with Crippen LogP contribution in [0.15, 0.2) is 52.1 Å². The summed E-state index contributed by atoms with van der Waals surface area (Å²) in [6, 6.07) is 9.39. The maximum Gasteiger partial charge on any atom is 0.341 e. The van der Waals surface area contributed by atoms with Gasteiger partial charge in [0.1, 0.15) is 24.0 Å². The van der Waals surface area contributed by atoms with E-state index in [1.165, 1.54) is 23.9 Å². The van der Waals surface area contributed by atoms with Crippen LogP contribution in [-0.2, 0) is 10.5 Å². The van der Waals surface area contributed by atoms with Crippen LogP contribution in [0.5, 0.6) is 5.75 Å². The van der Waals surface area contributed by atoms with Crippen molar-refractivity contribution in [1.82, 2.24) is 10.1 Å². The van der Waals surface area contributed by atoms with Crippen LogP contribution in [0, 0.1) is 19.7 Å². The molecule has 0 spiro atoms. The minimum Gasteiger partial charge on any atom is -0.487 e. The number of hydrogen-bond donors (Lipinski definition) is 0. The number of benzene rings is 1. The van der Waals surface area contributed by atoms with Crippen molar-refractivity contribution in [3.8, 4) is 5.75 Å². The molecular formula is C20H19FN2O4S. The zero-order valence-corrected chi connectivity index (χ0v) is 16.3. The molecule has 146 valence electrons. The summed E-state index contributed by atoms with van der Waals surface area (Å²) >= 11 is 1.41. The van der Waals surface area contributed by atoms with Gasteiger partial charge in [0, 0.05) is 17.5 Å². The molecule has 6 nitrogen and oxygen atoms in total. The van der Waals surface area contributed by atoms with Gasteiger partial charge < -0.3 is 14.0 Å². The number of para-hydroxylation sites is 1. The van der Waals surface area contributed by atoms with Crippen LogP contribution in [0.4, 0.5) is 4.39 Å². The Morgan fingerprint density at radius 2 is 2.00 bits per heavy atom. The fourth-order valence-electron chi connectivity index (χ4n) is 2.44. The number of carbonyl (C=O) groups is 1. The summed E-state index contributed by atoms with van der Waals surface area (Å²) in [6.45, 7) is 3.76. The number of rotatable bonds is 8. The van der Waals surface area contributed by atoms with Gasteiger partial charge in [-0.1, -0.05) is 17.3 Å². The predicted molar refractivity (Wildman–Crippen MR) is 102 cm³/mol. The lowest BCUT2D eigenvalue weighted by Crippen LogP contribution is -2.14. The van der Waals surface area contributed by atoms with Gasteiger partial charge in [-0.3, -0.25) is 0 Å². The molecule has 28 heavy (non-hydrogen) atoms. The topological polar surface area (TPSA) is 74.5 Å². The van der Waals surface area contributed by atoms with Gasteiger partial charge in [-0.05, 0) is 38.1 Å². The van der Waals surface area contributed by atoms with Gasteiger partial charge in [0.2, 0.25) is 0 Å². The summed E-state index contributed by atoms with van der Waals surface area (Å²) in [6.07, 6.45) is 1.62. The maximum absolute atomic E-state index is 13.5. The van der Waals surface area contributed by atoms with Crippen LogP contribution in [-0.4, -0.2) is 29.3 Å². The number of thioether (sulfide) groups is 1. The van der Waals surface area contributed by atoms with E-state index in [-0.39, 0.29) is 19.0 Å². The van der Waals surface area contributed by atoms with Gasteiger partial charge in [-0.2, -0.15) is 0 Å². The number of esters is 1. The van der Waals surface area contributed by atoms with E-state index in [1.54, 1.807) is 30.5 Å². The minimum absolute atomic E-state index is 0.00393. The van der Waals surface area contributed by atoms with Crippen LogP contribution >= 0.6 is 11.8 Å². The normalized spacial score (nSPS) is 10.7. The molecule has 0 atom stereocenters. The number of aromatic nitrogens is 2. The molecule has 0 aliphatic carbocycles. The third-order valence-corrected chi connectivity index (χ3v) is 4.97. The van der Waals surface area contributed by atoms with E-state index in [0.717, 1.165) is 17.0 Å². The smallest absolute Gasteiger partial charge is 0.341 e. The molecule has 0 aliphatic rings. The molecule has 3 aromatic rings. The summed E-state index contributed by atoms with van der Waals surface area (Å²) in [5.74, 6) is 0.478. The summed E-state index contributed by atoms with van der Waals surface area (Å²) in [7, 11) is 0. The summed E-state index contributed by atoms with van der Waals surface area (Å²) in [5, 5.41) is 4.48. The first-order valence-corrected chi connectivity index (χ1v) is 9.59. The third kappa shape index (κ3) is 4.89. The van der Waals surface area contributed by atoms with Crippen molar-refractivity contribution in [2.24, 2.45) is 0 Å². The Labute approximate surface area is 166 Å². The Morgan fingerprint density at radius 3 is 2.75 bits per heavy atom. The standard InChI is InChI=1S/C20H19FN2O4S/c1-13-16(14(2)27-23-13)12-28-19-15(6-5-9-22-19)20(24)26-11-10-25-18-8-4-3-7-17(18)21/h3-9H,10-12H2,1-2H3. The Hall–Kier alpha value is -2.87. The number of pyridine rings is 1. The Balaban J connectivity index is 1.56. The van der Waals surface area contributed by atoms with Gasteiger partial charge in [-0.15, -0.1) is 11.8 Å². The molecule has 1 aromatic carbocycles. The largest absolute Gasteiger partial charge is 0.487 e.